The number of nitrogens with zero attached hydrogens (tertiary/aromatic N) is 3. The third-order valence-corrected chi connectivity index (χ3v) is 3.96. The van der Waals surface area contributed by atoms with E-state index in [1.807, 2.05) is 10.9 Å². The third-order valence-electron chi connectivity index (χ3n) is 3.96. The Morgan fingerprint density at radius 3 is 2.43 bits per heavy atom. The van der Waals surface area contributed by atoms with Crippen LogP contribution in [-0.4, -0.2) is 21.5 Å². The number of nitrogens with one attached hydrogen (secondary N) is 1. The fraction of sp³-hybridized carbons (Fsp3) is 0.579. The van der Waals surface area contributed by atoms with Crippen molar-refractivity contribution in [1.29, 1.82) is 0 Å². The summed E-state index contributed by atoms with van der Waals surface area (Å²) in [6.45, 7) is 8.30. The van der Waals surface area contributed by atoms with Crippen LogP contribution < -0.4 is 5.32 Å². The Kier molecular flexibility index (Phi) is 7.27. The predicted molar refractivity (Wildman–Crippen MR) is 96.3 cm³/mol. The van der Waals surface area contributed by atoms with Crippen molar-refractivity contribution in [1.82, 2.24) is 20.3 Å². The summed E-state index contributed by atoms with van der Waals surface area (Å²) in [5.41, 5.74) is 3.18. The molecular formula is C19H30N4. The fourth-order valence-corrected chi connectivity index (χ4v) is 2.58. The van der Waals surface area contributed by atoms with Crippen molar-refractivity contribution in [3.63, 3.8) is 0 Å². The minimum atomic E-state index is 0.278. The average Bonchev–Trinajstić information content (AvgIpc) is 2.99. The van der Waals surface area contributed by atoms with Crippen molar-refractivity contribution in [3.8, 4) is 11.3 Å². The Labute approximate surface area is 140 Å². The van der Waals surface area contributed by atoms with Gasteiger partial charge in [-0.15, -0.1) is 0 Å². The first-order valence-corrected chi connectivity index (χ1v) is 8.94. The molecule has 0 aliphatic rings. The van der Waals surface area contributed by atoms with E-state index in [-0.39, 0.29) is 6.04 Å². The largest absolute Gasteiger partial charge is 0.311 e. The number of aromatic nitrogens is 3. The van der Waals surface area contributed by atoms with Gasteiger partial charge in [0, 0.05) is 12.1 Å². The zero-order chi connectivity index (χ0) is 16.5. The van der Waals surface area contributed by atoms with Gasteiger partial charge in [0.15, 0.2) is 0 Å². The molecule has 0 saturated carbocycles. The molecule has 4 heteroatoms. The average molecular weight is 314 g/mol. The smallest absolute Gasteiger partial charge is 0.117 e. The van der Waals surface area contributed by atoms with E-state index in [2.05, 4.69) is 60.6 Å². The Bertz CT molecular complexity index is 560. The fourth-order valence-electron chi connectivity index (χ4n) is 2.58. The Morgan fingerprint density at radius 1 is 1.00 bits per heavy atom. The quantitative estimate of drug-likeness (QED) is 0.652. The lowest BCUT2D eigenvalue weighted by molar-refractivity contribution is 0.461. The van der Waals surface area contributed by atoms with Crippen molar-refractivity contribution in [2.24, 2.45) is 0 Å². The molecule has 0 spiro atoms. The summed E-state index contributed by atoms with van der Waals surface area (Å²) in [4.78, 5) is 1.82. The molecule has 0 bridgehead atoms. The molecule has 1 heterocycles. The van der Waals surface area contributed by atoms with Gasteiger partial charge >= 0.3 is 0 Å². The second kappa shape index (κ2) is 9.46. The number of hydrogen-bond acceptors (Lipinski definition) is 3. The number of hydrogen-bond donors (Lipinski definition) is 1. The summed E-state index contributed by atoms with van der Waals surface area (Å²) in [5, 5.41) is 12.9. The van der Waals surface area contributed by atoms with Crippen LogP contribution in [0.15, 0.2) is 30.3 Å². The van der Waals surface area contributed by atoms with Crippen LogP contribution >= 0.6 is 0 Å². The van der Waals surface area contributed by atoms with Crippen LogP contribution in [0.25, 0.3) is 11.3 Å². The van der Waals surface area contributed by atoms with Gasteiger partial charge in [-0.3, -0.25) is 0 Å². The highest BCUT2D eigenvalue weighted by Crippen LogP contribution is 2.21. The van der Waals surface area contributed by atoms with Crippen molar-refractivity contribution in [3.05, 3.63) is 36.0 Å². The van der Waals surface area contributed by atoms with Gasteiger partial charge in [0.1, 0.15) is 11.4 Å². The van der Waals surface area contributed by atoms with E-state index in [0.29, 0.717) is 0 Å². The SMILES string of the molecule is CCCCCCCNCc1nn(C(C)C)nc1-c1ccccc1. The van der Waals surface area contributed by atoms with Gasteiger partial charge < -0.3 is 5.32 Å². The van der Waals surface area contributed by atoms with Crippen molar-refractivity contribution in [2.45, 2.75) is 65.5 Å². The number of benzene rings is 1. The number of unbranched alkanes of at least 4 members (excludes halogenated alkanes) is 4. The van der Waals surface area contributed by atoms with Gasteiger partial charge in [-0.1, -0.05) is 62.9 Å². The van der Waals surface area contributed by atoms with Crippen LogP contribution in [0, 0.1) is 0 Å². The van der Waals surface area contributed by atoms with Crippen LogP contribution in [0.5, 0.6) is 0 Å². The van der Waals surface area contributed by atoms with E-state index < -0.39 is 0 Å². The highest BCUT2D eigenvalue weighted by molar-refractivity contribution is 5.60. The molecule has 0 fully saturated rings. The maximum atomic E-state index is 4.68. The summed E-state index contributed by atoms with van der Waals surface area (Å²) >= 11 is 0. The monoisotopic (exact) mass is 314 g/mol. The van der Waals surface area contributed by atoms with E-state index in [1.165, 1.54) is 32.1 Å². The molecule has 23 heavy (non-hydrogen) atoms. The lowest BCUT2D eigenvalue weighted by Gasteiger charge is -2.04. The molecule has 2 aromatic rings. The summed E-state index contributed by atoms with van der Waals surface area (Å²) in [7, 11) is 0. The van der Waals surface area contributed by atoms with E-state index in [9.17, 15) is 0 Å². The second-order valence-corrected chi connectivity index (χ2v) is 6.37. The molecule has 0 saturated heterocycles. The standard InChI is InChI=1S/C19H30N4/c1-4-5-6-7-11-14-20-15-18-19(17-12-9-8-10-13-17)22-23(21-18)16(2)3/h8-10,12-13,16,20H,4-7,11,14-15H2,1-3H3. The summed E-state index contributed by atoms with van der Waals surface area (Å²) in [6.07, 6.45) is 6.54. The van der Waals surface area contributed by atoms with Gasteiger partial charge in [0.25, 0.3) is 0 Å². The maximum Gasteiger partial charge on any atom is 0.117 e. The van der Waals surface area contributed by atoms with E-state index in [4.69, 9.17) is 0 Å². The molecule has 1 aromatic carbocycles. The van der Waals surface area contributed by atoms with Gasteiger partial charge in [-0.05, 0) is 26.8 Å². The molecule has 0 aliphatic carbocycles. The Balaban J connectivity index is 1.94. The van der Waals surface area contributed by atoms with Crippen LogP contribution in [0.3, 0.4) is 0 Å². The highest BCUT2D eigenvalue weighted by atomic mass is 15.5. The van der Waals surface area contributed by atoms with Crippen molar-refractivity contribution in [2.75, 3.05) is 6.54 Å². The first-order valence-electron chi connectivity index (χ1n) is 8.94. The third kappa shape index (κ3) is 5.47. The van der Waals surface area contributed by atoms with Crippen LogP contribution in [0.2, 0.25) is 0 Å². The Hall–Kier alpha value is -1.68. The lowest BCUT2D eigenvalue weighted by Crippen LogP contribution is -2.16. The molecule has 2 rings (SSSR count). The lowest BCUT2D eigenvalue weighted by atomic mass is 10.1. The van der Waals surface area contributed by atoms with Gasteiger partial charge in [0.05, 0.1) is 6.04 Å². The van der Waals surface area contributed by atoms with Gasteiger partial charge in [-0.2, -0.15) is 15.0 Å². The number of rotatable bonds is 10. The molecule has 1 aromatic heterocycles. The van der Waals surface area contributed by atoms with E-state index in [1.54, 1.807) is 0 Å². The van der Waals surface area contributed by atoms with Gasteiger partial charge in [0.2, 0.25) is 0 Å². The summed E-state index contributed by atoms with van der Waals surface area (Å²) < 4.78 is 0. The highest BCUT2D eigenvalue weighted by Gasteiger charge is 2.14. The zero-order valence-electron chi connectivity index (χ0n) is 14.8. The first kappa shape index (κ1) is 17.7. The minimum absolute atomic E-state index is 0.278. The molecule has 1 N–H and O–H groups in total. The zero-order valence-corrected chi connectivity index (χ0v) is 14.8. The second-order valence-electron chi connectivity index (χ2n) is 6.37. The molecule has 126 valence electrons. The summed E-state index contributed by atoms with van der Waals surface area (Å²) in [6, 6.07) is 10.6. The maximum absolute atomic E-state index is 4.68. The molecule has 4 nitrogen and oxygen atoms in total. The van der Waals surface area contributed by atoms with Crippen LogP contribution in [0.4, 0.5) is 0 Å². The summed E-state index contributed by atoms with van der Waals surface area (Å²) in [5.74, 6) is 0. The first-order chi connectivity index (χ1) is 11.2. The van der Waals surface area contributed by atoms with Crippen LogP contribution in [-0.2, 0) is 6.54 Å². The molecule has 0 aliphatic heterocycles. The molecule has 0 amide bonds. The van der Waals surface area contributed by atoms with E-state index >= 15 is 0 Å². The van der Waals surface area contributed by atoms with Gasteiger partial charge in [-0.25, -0.2) is 0 Å². The van der Waals surface area contributed by atoms with Crippen molar-refractivity contribution < 1.29 is 0 Å². The molecule has 0 radical (unpaired) electrons. The van der Waals surface area contributed by atoms with Crippen LogP contribution in [0.1, 0.15) is 64.6 Å². The molecule has 0 unspecified atom stereocenters. The minimum Gasteiger partial charge on any atom is -0.311 e. The topological polar surface area (TPSA) is 42.7 Å². The predicted octanol–water partition coefficient (Wildman–Crippen LogP) is 4.59. The Morgan fingerprint density at radius 2 is 1.74 bits per heavy atom. The normalized spacial score (nSPS) is 11.3. The molecule has 0 atom stereocenters. The van der Waals surface area contributed by atoms with Crippen molar-refractivity contribution >= 4 is 0 Å². The molecular weight excluding hydrogens is 284 g/mol. The van der Waals surface area contributed by atoms with E-state index in [0.717, 1.165) is 30.0 Å².